The Morgan fingerprint density at radius 2 is 1.97 bits per heavy atom. The SMILES string of the molecule is COCCn1c(SC(C)C(=O)Nc2ccc(C)cc2C)nnc1-c1ccncc1. The van der Waals surface area contributed by atoms with Crippen molar-refractivity contribution in [2.75, 3.05) is 19.0 Å². The number of rotatable bonds is 8. The Kier molecular flexibility index (Phi) is 7.00. The van der Waals surface area contributed by atoms with Crippen LogP contribution >= 0.6 is 11.8 Å². The number of thioether (sulfide) groups is 1. The van der Waals surface area contributed by atoms with Crippen molar-refractivity contribution in [1.82, 2.24) is 19.7 Å². The van der Waals surface area contributed by atoms with E-state index in [2.05, 4.69) is 26.6 Å². The molecule has 0 aliphatic heterocycles. The molecule has 152 valence electrons. The number of hydrogen-bond donors (Lipinski definition) is 1. The Balaban J connectivity index is 1.77. The summed E-state index contributed by atoms with van der Waals surface area (Å²) in [5.74, 6) is 0.655. The van der Waals surface area contributed by atoms with Crippen molar-refractivity contribution >= 4 is 23.4 Å². The van der Waals surface area contributed by atoms with E-state index in [1.54, 1.807) is 19.5 Å². The third-order valence-electron chi connectivity index (χ3n) is 4.47. The maximum Gasteiger partial charge on any atom is 0.237 e. The van der Waals surface area contributed by atoms with Gasteiger partial charge in [0.15, 0.2) is 11.0 Å². The summed E-state index contributed by atoms with van der Waals surface area (Å²) < 4.78 is 7.21. The van der Waals surface area contributed by atoms with Gasteiger partial charge in [0.05, 0.1) is 18.4 Å². The zero-order valence-electron chi connectivity index (χ0n) is 17.0. The molecule has 1 atom stereocenters. The van der Waals surface area contributed by atoms with Gasteiger partial charge in [-0.3, -0.25) is 14.3 Å². The molecule has 0 saturated carbocycles. The van der Waals surface area contributed by atoms with Crippen LogP contribution in [0.25, 0.3) is 11.4 Å². The lowest BCUT2D eigenvalue weighted by molar-refractivity contribution is -0.115. The van der Waals surface area contributed by atoms with Crippen molar-refractivity contribution in [3.63, 3.8) is 0 Å². The van der Waals surface area contributed by atoms with Gasteiger partial charge in [-0.05, 0) is 44.5 Å². The van der Waals surface area contributed by atoms with Gasteiger partial charge in [0.25, 0.3) is 0 Å². The zero-order chi connectivity index (χ0) is 20.8. The molecule has 0 aliphatic rings. The Bertz CT molecular complexity index is 974. The van der Waals surface area contributed by atoms with Crippen LogP contribution < -0.4 is 5.32 Å². The molecule has 0 aliphatic carbocycles. The predicted octanol–water partition coefficient (Wildman–Crippen LogP) is 3.72. The second-order valence-corrected chi connectivity index (χ2v) is 8.06. The Hall–Kier alpha value is -2.71. The van der Waals surface area contributed by atoms with Crippen molar-refractivity contribution in [1.29, 1.82) is 0 Å². The van der Waals surface area contributed by atoms with E-state index < -0.39 is 0 Å². The minimum Gasteiger partial charge on any atom is -0.383 e. The Morgan fingerprint density at radius 1 is 1.21 bits per heavy atom. The van der Waals surface area contributed by atoms with E-state index in [-0.39, 0.29) is 11.2 Å². The second-order valence-electron chi connectivity index (χ2n) is 6.75. The van der Waals surface area contributed by atoms with E-state index in [0.717, 1.165) is 28.2 Å². The van der Waals surface area contributed by atoms with Crippen LogP contribution in [0, 0.1) is 13.8 Å². The molecular weight excluding hydrogens is 386 g/mol. The van der Waals surface area contributed by atoms with Crippen LogP contribution in [0.15, 0.2) is 47.9 Å². The standard InChI is InChI=1S/C21H25N5O2S/c1-14-5-6-18(15(2)13-14)23-20(27)16(3)29-21-25-24-19(26(21)11-12-28-4)17-7-9-22-10-8-17/h5-10,13,16H,11-12H2,1-4H3,(H,23,27). The number of aryl methyl sites for hydroxylation is 2. The number of hydrogen-bond acceptors (Lipinski definition) is 6. The monoisotopic (exact) mass is 411 g/mol. The summed E-state index contributed by atoms with van der Waals surface area (Å²) >= 11 is 1.38. The second kappa shape index (κ2) is 9.67. The van der Waals surface area contributed by atoms with Crippen LogP contribution in [-0.2, 0) is 16.1 Å². The molecule has 0 bridgehead atoms. The number of nitrogens with one attached hydrogen (secondary N) is 1. The molecular formula is C21H25N5O2S. The van der Waals surface area contributed by atoms with E-state index in [4.69, 9.17) is 4.74 Å². The summed E-state index contributed by atoms with van der Waals surface area (Å²) in [4.78, 5) is 16.8. The lowest BCUT2D eigenvalue weighted by atomic mass is 10.1. The highest BCUT2D eigenvalue weighted by Gasteiger charge is 2.21. The van der Waals surface area contributed by atoms with Gasteiger partial charge in [-0.25, -0.2) is 0 Å². The lowest BCUT2D eigenvalue weighted by Crippen LogP contribution is -2.23. The topological polar surface area (TPSA) is 81.9 Å². The molecule has 0 radical (unpaired) electrons. The molecule has 1 unspecified atom stereocenters. The molecule has 3 aromatic rings. The van der Waals surface area contributed by atoms with Crippen molar-refractivity contribution in [3.05, 3.63) is 53.9 Å². The first-order valence-corrected chi connectivity index (χ1v) is 10.2. The highest BCUT2D eigenvalue weighted by molar-refractivity contribution is 8.00. The minimum absolute atomic E-state index is 0.0753. The summed E-state index contributed by atoms with van der Waals surface area (Å²) in [6, 6.07) is 9.75. The van der Waals surface area contributed by atoms with Gasteiger partial charge in [-0.15, -0.1) is 10.2 Å². The summed E-state index contributed by atoms with van der Waals surface area (Å²) in [6.07, 6.45) is 3.44. The van der Waals surface area contributed by atoms with E-state index in [1.165, 1.54) is 11.8 Å². The van der Waals surface area contributed by atoms with E-state index in [1.807, 2.05) is 49.6 Å². The number of methoxy groups -OCH3 is 1. The number of carbonyl (C=O) groups is 1. The van der Waals surface area contributed by atoms with Gasteiger partial charge in [0.1, 0.15) is 0 Å². The number of anilines is 1. The average molecular weight is 412 g/mol. The van der Waals surface area contributed by atoms with Crippen LogP contribution in [0.3, 0.4) is 0 Å². The molecule has 0 spiro atoms. The number of benzene rings is 1. The molecule has 0 saturated heterocycles. The summed E-state index contributed by atoms with van der Waals surface area (Å²) in [6.45, 7) is 7.00. The van der Waals surface area contributed by atoms with Crippen molar-refractivity contribution in [2.24, 2.45) is 0 Å². The number of nitrogens with zero attached hydrogens (tertiary/aromatic N) is 4. The van der Waals surface area contributed by atoms with Crippen LogP contribution in [0.4, 0.5) is 5.69 Å². The van der Waals surface area contributed by atoms with Gasteiger partial charge >= 0.3 is 0 Å². The van der Waals surface area contributed by atoms with Crippen molar-refractivity contribution in [3.8, 4) is 11.4 Å². The molecule has 1 aromatic carbocycles. The predicted molar refractivity (Wildman–Crippen MR) is 115 cm³/mol. The highest BCUT2D eigenvalue weighted by Crippen LogP contribution is 2.27. The minimum atomic E-state index is -0.341. The fraction of sp³-hybridized carbons (Fsp3) is 0.333. The Labute approximate surface area is 174 Å². The van der Waals surface area contributed by atoms with Gasteiger partial charge in [-0.2, -0.15) is 0 Å². The summed E-state index contributed by atoms with van der Waals surface area (Å²) in [5, 5.41) is 12.0. The molecule has 8 heteroatoms. The Morgan fingerprint density at radius 3 is 2.66 bits per heavy atom. The van der Waals surface area contributed by atoms with Crippen LogP contribution in [-0.4, -0.2) is 44.6 Å². The van der Waals surface area contributed by atoms with Crippen molar-refractivity contribution < 1.29 is 9.53 Å². The van der Waals surface area contributed by atoms with Crippen LogP contribution in [0.1, 0.15) is 18.1 Å². The first-order valence-electron chi connectivity index (χ1n) is 9.37. The number of pyridine rings is 1. The maximum atomic E-state index is 12.7. The zero-order valence-corrected chi connectivity index (χ0v) is 17.9. The average Bonchev–Trinajstić information content (AvgIpc) is 3.11. The van der Waals surface area contributed by atoms with Crippen molar-refractivity contribution in [2.45, 2.75) is 37.7 Å². The van der Waals surface area contributed by atoms with E-state index in [0.29, 0.717) is 18.3 Å². The highest BCUT2D eigenvalue weighted by atomic mass is 32.2. The van der Waals surface area contributed by atoms with Gasteiger partial charge in [0.2, 0.25) is 5.91 Å². The summed E-state index contributed by atoms with van der Waals surface area (Å²) in [7, 11) is 1.66. The molecule has 2 heterocycles. The van der Waals surface area contributed by atoms with Crippen LogP contribution in [0.5, 0.6) is 0 Å². The number of carbonyl (C=O) groups excluding carboxylic acids is 1. The van der Waals surface area contributed by atoms with Gasteiger partial charge in [-0.1, -0.05) is 29.5 Å². The largest absolute Gasteiger partial charge is 0.383 e. The molecule has 2 aromatic heterocycles. The molecule has 1 N–H and O–H groups in total. The number of ether oxygens (including phenoxy) is 1. The first-order chi connectivity index (χ1) is 14.0. The maximum absolute atomic E-state index is 12.7. The van der Waals surface area contributed by atoms with Crippen LogP contribution in [0.2, 0.25) is 0 Å². The van der Waals surface area contributed by atoms with E-state index >= 15 is 0 Å². The lowest BCUT2D eigenvalue weighted by Gasteiger charge is -2.15. The summed E-state index contributed by atoms with van der Waals surface area (Å²) in [5.41, 5.74) is 3.95. The third kappa shape index (κ3) is 5.21. The molecule has 29 heavy (non-hydrogen) atoms. The normalized spacial score (nSPS) is 12.0. The van der Waals surface area contributed by atoms with Gasteiger partial charge in [0, 0.05) is 30.8 Å². The molecule has 7 nitrogen and oxygen atoms in total. The smallest absolute Gasteiger partial charge is 0.237 e. The number of amides is 1. The van der Waals surface area contributed by atoms with E-state index in [9.17, 15) is 4.79 Å². The molecule has 0 fully saturated rings. The fourth-order valence-corrected chi connectivity index (χ4v) is 3.75. The number of aromatic nitrogens is 4. The fourth-order valence-electron chi connectivity index (χ4n) is 2.87. The third-order valence-corrected chi connectivity index (χ3v) is 5.55. The quantitative estimate of drug-likeness (QED) is 0.569. The molecule has 3 rings (SSSR count). The first kappa shape index (κ1) is 21.0. The molecule has 1 amide bonds. The van der Waals surface area contributed by atoms with Gasteiger partial charge < -0.3 is 10.1 Å².